The van der Waals surface area contributed by atoms with Crippen molar-refractivity contribution in [3.63, 3.8) is 0 Å². The summed E-state index contributed by atoms with van der Waals surface area (Å²) < 4.78 is 0. The van der Waals surface area contributed by atoms with E-state index in [1.165, 1.54) is 0 Å². The smallest absolute Gasteiger partial charge is 0.126 e. The van der Waals surface area contributed by atoms with Crippen LogP contribution in [0.25, 0.3) is 0 Å². The molecule has 2 rings (SSSR count). The molecule has 0 bridgehead atoms. The summed E-state index contributed by atoms with van der Waals surface area (Å²) in [5, 5.41) is 10.0. The van der Waals surface area contributed by atoms with Gasteiger partial charge in [-0.3, -0.25) is 4.98 Å². The molecular weight excluding hydrogens is 258 g/mol. The van der Waals surface area contributed by atoms with E-state index in [1.807, 2.05) is 62.6 Å². The summed E-state index contributed by atoms with van der Waals surface area (Å²) in [7, 11) is 4.08. The third-order valence-electron chi connectivity index (χ3n) is 4.04. The highest BCUT2D eigenvalue weighted by Gasteiger charge is 2.37. The van der Waals surface area contributed by atoms with Crippen molar-refractivity contribution in [3.8, 4) is 6.07 Å². The maximum atomic E-state index is 10.0. The number of rotatable bonds is 5. The average Bonchev–Trinajstić information content (AvgIpc) is 2.54. The molecule has 0 fully saturated rings. The lowest BCUT2D eigenvalue weighted by Crippen LogP contribution is -2.36. The van der Waals surface area contributed by atoms with Crippen LogP contribution in [0.4, 0.5) is 0 Å². The van der Waals surface area contributed by atoms with Gasteiger partial charge in [-0.15, -0.1) is 0 Å². The standard InChI is InChI=1S/C18H21N3/c1-15(21(2)3)13-18(14-19,16-9-5-4-6-10-16)17-11-7-8-12-20-17/h4-12,15H,13H2,1-3H3/t15-,18+/m0/s1. The molecule has 0 aliphatic rings. The molecule has 1 aromatic heterocycles. The SMILES string of the molecule is C[C@@H](C[C@@](C#N)(c1ccccc1)c1ccccn1)N(C)C. The molecule has 0 unspecified atom stereocenters. The fourth-order valence-electron chi connectivity index (χ4n) is 2.50. The number of nitriles is 1. The third kappa shape index (κ3) is 3.12. The van der Waals surface area contributed by atoms with E-state index in [-0.39, 0.29) is 6.04 Å². The number of nitrogens with zero attached hydrogens (tertiary/aromatic N) is 3. The zero-order valence-electron chi connectivity index (χ0n) is 12.8. The van der Waals surface area contributed by atoms with E-state index in [0.717, 1.165) is 11.3 Å². The summed E-state index contributed by atoms with van der Waals surface area (Å²) in [5.74, 6) is 0. The quantitative estimate of drug-likeness (QED) is 0.843. The molecule has 0 saturated heterocycles. The van der Waals surface area contributed by atoms with Crippen LogP contribution in [0.2, 0.25) is 0 Å². The molecule has 108 valence electrons. The molecule has 21 heavy (non-hydrogen) atoms. The van der Waals surface area contributed by atoms with E-state index in [0.29, 0.717) is 6.42 Å². The lowest BCUT2D eigenvalue weighted by Gasteiger charge is -2.32. The van der Waals surface area contributed by atoms with Gasteiger partial charge in [-0.2, -0.15) is 5.26 Å². The Morgan fingerprint density at radius 3 is 2.33 bits per heavy atom. The van der Waals surface area contributed by atoms with Crippen LogP contribution in [0.5, 0.6) is 0 Å². The maximum absolute atomic E-state index is 10.0. The fourth-order valence-corrected chi connectivity index (χ4v) is 2.50. The number of pyridine rings is 1. The summed E-state index contributed by atoms with van der Waals surface area (Å²) in [6.07, 6.45) is 2.46. The second kappa shape index (κ2) is 6.51. The molecule has 0 saturated carbocycles. The monoisotopic (exact) mass is 279 g/mol. The molecule has 0 aliphatic carbocycles. The fraction of sp³-hybridized carbons (Fsp3) is 0.333. The number of benzene rings is 1. The van der Waals surface area contributed by atoms with Gasteiger partial charge in [-0.1, -0.05) is 36.4 Å². The summed E-state index contributed by atoms with van der Waals surface area (Å²) in [5.41, 5.74) is 1.10. The Labute approximate surface area is 126 Å². The minimum atomic E-state index is -0.716. The van der Waals surface area contributed by atoms with Crippen LogP contribution < -0.4 is 0 Å². The Hall–Kier alpha value is -2.18. The maximum Gasteiger partial charge on any atom is 0.126 e. The lowest BCUT2D eigenvalue weighted by atomic mass is 9.74. The van der Waals surface area contributed by atoms with Gasteiger partial charge in [0.05, 0.1) is 11.8 Å². The third-order valence-corrected chi connectivity index (χ3v) is 4.04. The van der Waals surface area contributed by atoms with Crippen molar-refractivity contribution in [2.24, 2.45) is 0 Å². The summed E-state index contributed by atoms with van der Waals surface area (Å²) in [6, 6.07) is 18.5. The predicted octanol–water partition coefficient (Wildman–Crippen LogP) is 3.23. The molecule has 0 aliphatic heterocycles. The summed E-state index contributed by atoms with van der Waals surface area (Å²) >= 11 is 0. The van der Waals surface area contributed by atoms with Crippen LogP contribution in [0.3, 0.4) is 0 Å². The van der Waals surface area contributed by atoms with Gasteiger partial charge in [0, 0.05) is 12.2 Å². The topological polar surface area (TPSA) is 39.9 Å². The van der Waals surface area contributed by atoms with Gasteiger partial charge in [0.1, 0.15) is 5.41 Å². The van der Waals surface area contributed by atoms with Gasteiger partial charge < -0.3 is 4.90 Å². The molecule has 0 spiro atoms. The first-order chi connectivity index (χ1) is 10.1. The Morgan fingerprint density at radius 1 is 1.14 bits per heavy atom. The second-order valence-corrected chi connectivity index (χ2v) is 5.61. The van der Waals surface area contributed by atoms with E-state index in [4.69, 9.17) is 0 Å². The summed E-state index contributed by atoms with van der Waals surface area (Å²) in [4.78, 5) is 6.61. The van der Waals surface area contributed by atoms with Crippen molar-refractivity contribution in [1.82, 2.24) is 9.88 Å². The molecule has 2 aromatic rings. The van der Waals surface area contributed by atoms with Gasteiger partial charge in [-0.25, -0.2) is 0 Å². The molecule has 1 heterocycles. The van der Waals surface area contributed by atoms with Crippen LogP contribution in [-0.2, 0) is 5.41 Å². The highest BCUT2D eigenvalue weighted by molar-refractivity contribution is 5.43. The zero-order chi connectivity index (χ0) is 15.3. The molecule has 3 nitrogen and oxygen atoms in total. The second-order valence-electron chi connectivity index (χ2n) is 5.61. The molecule has 1 aromatic carbocycles. The van der Waals surface area contributed by atoms with Crippen molar-refractivity contribution >= 4 is 0 Å². The first-order valence-corrected chi connectivity index (χ1v) is 7.15. The zero-order valence-corrected chi connectivity index (χ0v) is 12.8. The van der Waals surface area contributed by atoms with E-state index in [1.54, 1.807) is 6.20 Å². The van der Waals surface area contributed by atoms with Crippen LogP contribution in [0, 0.1) is 11.3 Å². The molecule has 0 N–H and O–H groups in total. The summed E-state index contributed by atoms with van der Waals surface area (Å²) in [6.45, 7) is 2.14. The van der Waals surface area contributed by atoms with Gasteiger partial charge in [0.15, 0.2) is 0 Å². The predicted molar refractivity (Wildman–Crippen MR) is 84.8 cm³/mol. The van der Waals surface area contributed by atoms with Gasteiger partial charge in [-0.05, 0) is 45.1 Å². The van der Waals surface area contributed by atoms with Gasteiger partial charge in [0.25, 0.3) is 0 Å². The van der Waals surface area contributed by atoms with Crippen LogP contribution in [0.15, 0.2) is 54.7 Å². The molecule has 0 amide bonds. The molecule has 3 heteroatoms. The first kappa shape index (κ1) is 15.2. The van der Waals surface area contributed by atoms with E-state index < -0.39 is 5.41 Å². The Kier molecular flexibility index (Phi) is 4.72. The normalized spacial score (nSPS) is 15.2. The lowest BCUT2D eigenvalue weighted by molar-refractivity contribution is 0.273. The number of hydrogen-bond acceptors (Lipinski definition) is 3. The van der Waals surface area contributed by atoms with E-state index in [9.17, 15) is 5.26 Å². The highest BCUT2D eigenvalue weighted by Crippen LogP contribution is 2.35. The number of aromatic nitrogens is 1. The van der Waals surface area contributed by atoms with Gasteiger partial charge >= 0.3 is 0 Å². The highest BCUT2D eigenvalue weighted by atomic mass is 15.1. The molecule has 2 atom stereocenters. The van der Waals surface area contributed by atoms with Crippen molar-refractivity contribution in [1.29, 1.82) is 5.26 Å². The average molecular weight is 279 g/mol. The largest absolute Gasteiger partial charge is 0.307 e. The van der Waals surface area contributed by atoms with E-state index >= 15 is 0 Å². The van der Waals surface area contributed by atoms with Gasteiger partial charge in [0.2, 0.25) is 0 Å². The molecule has 0 radical (unpaired) electrons. The minimum Gasteiger partial charge on any atom is -0.307 e. The number of hydrogen-bond donors (Lipinski definition) is 0. The van der Waals surface area contributed by atoms with Crippen LogP contribution in [0.1, 0.15) is 24.6 Å². The Morgan fingerprint density at radius 2 is 1.81 bits per heavy atom. The van der Waals surface area contributed by atoms with Crippen molar-refractivity contribution in [3.05, 3.63) is 66.0 Å². The van der Waals surface area contributed by atoms with Crippen LogP contribution >= 0.6 is 0 Å². The molecular formula is C18H21N3. The van der Waals surface area contributed by atoms with Crippen LogP contribution in [-0.4, -0.2) is 30.0 Å². The van der Waals surface area contributed by atoms with E-state index in [2.05, 4.69) is 22.9 Å². The minimum absolute atomic E-state index is 0.270. The van der Waals surface area contributed by atoms with Crippen molar-refractivity contribution in [2.45, 2.75) is 24.8 Å². The Balaban J connectivity index is 2.55. The Bertz CT molecular complexity index is 560. The first-order valence-electron chi connectivity index (χ1n) is 7.15. The van der Waals surface area contributed by atoms with Crippen molar-refractivity contribution in [2.75, 3.05) is 14.1 Å². The van der Waals surface area contributed by atoms with Crippen molar-refractivity contribution < 1.29 is 0 Å².